The van der Waals surface area contributed by atoms with E-state index >= 15 is 0 Å². The second-order valence-electron chi connectivity index (χ2n) is 6.06. The summed E-state index contributed by atoms with van der Waals surface area (Å²) in [6.07, 6.45) is 2.40. The largest absolute Gasteiger partial charge is 0.372 e. The van der Waals surface area contributed by atoms with Crippen LogP contribution >= 0.6 is 0 Å². The Morgan fingerprint density at radius 1 is 1.04 bits per heavy atom. The van der Waals surface area contributed by atoms with Gasteiger partial charge in [0.15, 0.2) is 5.96 Å². The number of para-hydroxylation sites is 1. The van der Waals surface area contributed by atoms with Gasteiger partial charge in [-0.3, -0.25) is 9.79 Å². The quantitative estimate of drug-likeness (QED) is 0.304. The molecule has 0 atom stereocenters. The molecule has 1 amide bonds. The van der Waals surface area contributed by atoms with E-state index in [1.807, 2.05) is 19.9 Å². The van der Waals surface area contributed by atoms with Gasteiger partial charge in [0.05, 0.1) is 0 Å². The first-order chi connectivity index (χ1) is 12.7. The Kier molecular flexibility index (Phi) is 11.7. The molecule has 6 heteroatoms. The molecular formula is C20H35N5O. The maximum absolute atomic E-state index is 11.6. The molecule has 0 fully saturated rings. The van der Waals surface area contributed by atoms with Gasteiger partial charge in [0, 0.05) is 51.4 Å². The van der Waals surface area contributed by atoms with Crippen LogP contribution in [0.15, 0.2) is 35.3 Å². The topological polar surface area (TPSA) is 68.8 Å². The van der Waals surface area contributed by atoms with Gasteiger partial charge in [-0.2, -0.15) is 0 Å². The normalized spacial score (nSPS) is 11.1. The number of hydrogen-bond acceptors (Lipinski definition) is 3. The molecule has 0 spiro atoms. The molecule has 0 unspecified atom stereocenters. The first-order valence-corrected chi connectivity index (χ1v) is 9.80. The van der Waals surface area contributed by atoms with Crippen LogP contribution < -0.4 is 20.9 Å². The SMILES string of the molecule is CCCNC(=O)CCNC(=NCCCN(CC)c1ccccc1)NCC. The zero-order valence-corrected chi connectivity index (χ0v) is 16.6. The van der Waals surface area contributed by atoms with Gasteiger partial charge in [-0.05, 0) is 38.8 Å². The van der Waals surface area contributed by atoms with E-state index in [2.05, 4.69) is 57.0 Å². The predicted molar refractivity (Wildman–Crippen MR) is 111 cm³/mol. The van der Waals surface area contributed by atoms with Gasteiger partial charge >= 0.3 is 0 Å². The number of nitrogens with zero attached hydrogens (tertiary/aromatic N) is 2. The van der Waals surface area contributed by atoms with Crippen molar-refractivity contribution in [3.8, 4) is 0 Å². The molecule has 26 heavy (non-hydrogen) atoms. The van der Waals surface area contributed by atoms with Gasteiger partial charge in [0.25, 0.3) is 0 Å². The Bertz CT molecular complexity index is 518. The van der Waals surface area contributed by atoms with Crippen LogP contribution in [0.2, 0.25) is 0 Å². The molecule has 146 valence electrons. The number of amides is 1. The smallest absolute Gasteiger partial charge is 0.221 e. The second kappa shape index (κ2) is 14.0. The van der Waals surface area contributed by atoms with Crippen molar-refractivity contribution in [1.29, 1.82) is 0 Å². The van der Waals surface area contributed by atoms with Crippen molar-refractivity contribution in [2.45, 2.75) is 40.0 Å². The molecular weight excluding hydrogens is 326 g/mol. The number of aliphatic imine (C=N–C) groups is 1. The van der Waals surface area contributed by atoms with E-state index in [4.69, 9.17) is 0 Å². The minimum absolute atomic E-state index is 0.0802. The van der Waals surface area contributed by atoms with Gasteiger partial charge in [-0.1, -0.05) is 25.1 Å². The highest BCUT2D eigenvalue weighted by molar-refractivity contribution is 5.81. The third-order valence-electron chi connectivity index (χ3n) is 3.92. The van der Waals surface area contributed by atoms with E-state index in [1.165, 1.54) is 5.69 Å². The van der Waals surface area contributed by atoms with Crippen LogP contribution in [0.25, 0.3) is 0 Å². The summed E-state index contributed by atoms with van der Waals surface area (Å²) in [6, 6.07) is 10.5. The zero-order valence-electron chi connectivity index (χ0n) is 16.6. The number of guanidine groups is 1. The summed E-state index contributed by atoms with van der Waals surface area (Å²) < 4.78 is 0. The van der Waals surface area contributed by atoms with Crippen LogP contribution in [0.4, 0.5) is 5.69 Å². The first-order valence-electron chi connectivity index (χ1n) is 9.80. The summed E-state index contributed by atoms with van der Waals surface area (Å²) >= 11 is 0. The van der Waals surface area contributed by atoms with Crippen LogP contribution in [0, 0.1) is 0 Å². The lowest BCUT2D eigenvalue weighted by Gasteiger charge is -2.22. The highest BCUT2D eigenvalue weighted by Crippen LogP contribution is 2.12. The minimum Gasteiger partial charge on any atom is -0.372 e. The van der Waals surface area contributed by atoms with E-state index in [9.17, 15) is 4.79 Å². The molecule has 0 heterocycles. The van der Waals surface area contributed by atoms with E-state index < -0.39 is 0 Å². The van der Waals surface area contributed by atoms with Crippen molar-refractivity contribution in [3.63, 3.8) is 0 Å². The molecule has 0 saturated heterocycles. The molecule has 0 aliphatic rings. The van der Waals surface area contributed by atoms with Crippen LogP contribution in [0.1, 0.15) is 40.0 Å². The Hall–Kier alpha value is -2.24. The molecule has 1 rings (SSSR count). The van der Waals surface area contributed by atoms with Crippen molar-refractivity contribution in [3.05, 3.63) is 30.3 Å². The summed E-state index contributed by atoms with van der Waals surface area (Å²) in [5.41, 5.74) is 1.25. The fourth-order valence-electron chi connectivity index (χ4n) is 2.55. The molecule has 0 saturated carbocycles. The molecule has 0 aromatic heterocycles. The molecule has 0 bridgehead atoms. The van der Waals surface area contributed by atoms with Gasteiger partial charge in [0.2, 0.25) is 5.91 Å². The molecule has 3 N–H and O–H groups in total. The Morgan fingerprint density at radius 3 is 2.46 bits per heavy atom. The lowest BCUT2D eigenvalue weighted by molar-refractivity contribution is -0.120. The summed E-state index contributed by atoms with van der Waals surface area (Å²) in [6.45, 7) is 11.1. The molecule has 0 aliphatic carbocycles. The van der Waals surface area contributed by atoms with Crippen molar-refractivity contribution in [2.24, 2.45) is 4.99 Å². The average Bonchev–Trinajstić information content (AvgIpc) is 2.67. The standard InChI is InChI=1S/C20H35N5O/c1-4-14-22-19(26)13-16-24-20(21-5-2)23-15-10-17-25(6-3)18-11-8-7-9-12-18/h7-9,11-12H,4-6,10,13-17H2,1-3H3,(H,22,26)(H2,21,23,24). The Labute approximate surface area is 158 Å². The number of nitrogens with one attached hydrogen (secondary N) is 3. The van der Waals surface area contributed by atoms with Crippen LogP contribution in [-0.2, 0) is 4.79 Å². The molecule has 0 aliphatic heterocycles. The molecule has 6 nitrogen and oxygen atoms in total. The third kappa shape index (κ3) is 9.30. The highest BCUT2D eigenvalue weighted by atomic mass is 16.1. The number of benzene rings is 1. The van der Waals surface area contributed by atoms with Crippen molar-refractivity contribution in [1.82, 2.24) is 16.0 Å². The van der Waals surface area contributed by atoms with Crippen molar-refractivity contribution < 1.29 is 4.79 Å². The maximum Gasteiger partial charge on any atom is 0.221 e. The number of carbonyl (C=O) groups is 1. The second-order valence-corrected chi connectivity index (χ2v) is 6.06. The summed E-state index contributed by atoms with van der Waals surface area (Å²) in [5.74, 6) is 0.857. The number of carbonyl (C=O) groups excluding carboxylic acids is 1. The zero-order chi connectivity index (χ0) is 19.0. The van der Waals surface area contributed by atoms with Crippen LogP contribution in [-0.4, -0.2) is 51.1 Å². The van der Waals surface area contributed by atoms with Crippen LogP contribution in [0.5, 0.6) is 0 Å². The number of hydrogen-bond donors (Lipinski definition) is 3. The fourth-order valence-corrected chi connectivity index (χ4v) is 2.55. The van der Waals surface area contributed by atoms with Gasteiger partial charge in [0.1, 0.15) is 0 Å². The first kappa shape index (κ1) is 21.8. The monoisotopic (exact) mass is 361 g/mol. The minimum atomic E-state index is 0.0802. The molecule has 0 radical (unpaired) electrons. The maximum atomic E-state index is 11.6. The van der Waals surface area contributed by atoms with Crippen molar-refractivity contribution in [2.75, 3.05) is 44.2 Å². The average molecular weight is 362 g/mol. The van der Waals surface area contributed by atoms with E-state index in [-0.39, 0.29) is 5.91 Å². The van der Waals surface area contributed by atoms with Crippen LogP contribution in [0.3, 0.4) is 0 Å². The Morgan fingerprint density at radius 2 is 1.81 bits per heavy atom. The number of rotatable bonds is 12. The van der Waals surface area contributed by atoms with E-state index in [1.54, 1.807) is 0 Å². The van der Waals surface area contributed by atoms with Crippen molar-refractivity contribution >= 4 is 17.6 Å². The summed E-state index contributed by atoms with van der Waals surface area (Å²) in [5, 5.41) is 9.33. The highest BCUT2D eigenvalue weighted by Gasteiger charge is 2.04. The summed E-state index contributed by atoms with van der Waals surface area (Å²) in [7, 11) is 0. The fraction of sp³-hybridized carbons (Fsp3) is 0.600. The van der Waals surface area contributed by atoms with E-state index in [0.29, 0.717) is 13.0 Å². The lowest BCUT2D eigenvalue weighted by atomic mass is 10.2. The summed E-state index contributed by atoms with van der Waals surface area (Å²) in [4.78, 5) is 18.6. The van der Waals surface area contributed by atoms with E-state index in [0.717, 1.165) is 51.5 Å². The van der Waals surface area contributed by atoms with Gasteiger partial charge in [-0.25, -0.2) is 0 Å². The Balaban J connectivity index is 2.35. The third-order valence-corrected chi connectivity index (χ3v) is 3.92. The lowest BCUT2D eigenvalue weighted by Crippen LogP contribution is -2.39. The predicted octanol–water partition coefficient (Wildman–Crippen LogP) is 2.37. The molecule has 1 aromatic rings. The van der Waals surface area contributed by atoms with Gasteiger partial charge < -0.3 is 20.9 Å². The van der Waals surface area contributed by atoms with Gasteiger partial charge in [-0.15, -0.1) is 0 Å². The molecule has 1 aromatic carbocycles. The number of anilines is 1.